The van der Waals surface area contributed by atoms with Gasteiger partial charge < -0.3 is 14.6 Å². The molecule has 5 heteroatoms. The van der Waals surface area contributed by atoms with E-state index in [1.54, 1.807) is 0 Å². The lowest BCUT2D eigenvalue weighted by Gasteiger charge is -2.35. The third-order valence-corrected chi connectivity index (χ3v) is 5.63. The molecule has 1 heterocycles. The Morgan fingerprint density at radius 3 is 2.95 bits per heavy atom. The van der Waals surface area contributed by atoms with Crippen molar-refractivity contribution in [1.29, 1.82) is 5.26 Å². The first-order valence-electron chi connectivity index (χ1n) is 7.31. The predicted molar refractivity (Wildman–Crippen MR) is 69.1 cm³/mol. The van der Waals surface area contributed by atoms with Crippen LogP contribution in [-0.4, -0.2) is 29.6 Å². The van der Waals surface area contributed by atoms with Gasteiger partial charge >= 0.3 is 5.97 Å². The topological polar surface area (TPSA) is 79.5 Å². The molecule has 0 spiro atoms. The van der Waals surface area contributed by atoms with Crippen molar-refractivity contribution in [2.24, 2.45) is 22.7 Å². The van der Waals surface area contributed by atoms with Crippen LogP contribution >= 0.6 is 0 Å². The molecular weight excluding hydrogens is 258 g/mol. The van der Waals surface area contributed by atoms with Gasteiger partial charge in [0.2, 0.25) is 0 Å². The number of ether oxygens (including phenoxy) is 2. The van der Waals surface area contributed by atoms with Crippen LogP contribution in [0.2, 0.25) is 0 Å². The van der Waals surface area contributed by atoms with Crippen molar-refractivity contribution >= 4 is 5.97 Å². The fraction of sp³-hybridized carbons (Fsp3) is 0.867. The van der Waals surface area contributed by atoms with E-state index in [1.165, 1.54) is 0 Å². The lowest BCUT2D eigenvalue weighted by molar-refractivity contribution is -0.219. The van der Waals surface area contributed by atoms with Crippen molar-refractivity contribution < 1.29 is 19.4 Å². The van der Waals surface area contributed by atoms with E-state index in [2.05, 4.69) is 6.07 Å². The third kappa shape index (κ3) is 1.58. The molecule has 0 aromatic heterocycles. The van der Waals surface area contributed by atoms with Crippen molar-refractivity contribution in [3.8, 4) is 6.07 Å². The lowest BCUT2D eigenvalue weighted by Crippen LogP contribution is -2.43. The molecule has 1 aliphatic heterocycles. The Balaban J connectivity index is 1.78. The first-order valence-corrected chi connectivity index (χ1v) is 7.31. The average Bonchev–Trinajstić information content (AvgIpc) is 3.00. The van der Waals surface area contributed by atoms with E-state index in [9.17, 15) is 15.2 Å². The Kier molecular flexibility index (Phi) is 2.90. The maximum atomic E-state index is 12.0. The van der Waals surface area contributed by atoms with Crippen LogP contribution in [0, 0.1) is 34.0 Å². The SMILES string of the molecule is CCC(C)(C)C(O)OC1C2CC3C1OC(=O)C3(C#N)C2. The Labute approximate surface area is 118 Å². The standard InChI is InChI=1S/C15H21NO4/c1-4-14(2,3)12(17)19-10-8-5-9-11(10)20-13(18)15(9,6-8)7-16/h8-12,17H,4-6H2,1-3H3. The summed E-state index contributed by atoms with van der Waals surface area (Å²) >= 11 is 0. The monoisotopic (exact) mass is 279 g/mol. The number of carbonyl (C=O) groups excluding carboxylic acids is 1. The van der Waals surface area contributed by atoms with E-state index in [0.29, 0.717) is 6.42 Å². The zero-order valence-corrected chi connectivity index (χ0v) is 12.1. The fourth-order valence-corrected chi connectivity index (χ4v) is 3.82. The van der Waals surface area contributed by atoms with Crippen molar-refractivity contribution in [2.75, 3.05) is 0 Å². The number of nitrogens with zero attached hydrogens (tertiary/aromatic N) is 1. The largest absolute Gasteiger partial charge is 0.458 e. The van der Waals surface area contributed by atoms with Gasteiger partial charge in [-0.05, 0) is 25.2 Å². The number of fused-ring (bicyclic) bond motifs is 1. The van der Waals surface area contributed by atoms with Crippen LogP contribution in [0.1, 0.15) is 40.0 Å². The molecule has 2 saturated carbocycles. The maximum absolute atomic E-state index is 12.0. The molecule has 0 radical (unpaired) electrons. The Bertz CT molecular complexity index is 483. The number of nitriles is 1. The van der Waals surface area contributed by atoms with Crippen LogP contribution in [0.4, 0.5) is 0 Å². The lowest BCUT2D eigenvalue weighted by atomic mass is 9.74. The van der Waals surface area contributed by atoms with Crippen molar-refractivity contribution in [3.63, 3.8) is 0 Å². The number of carbonyl (C=O) groups is 1. The summed E-state index contributed by atoms with van der Waals surface area (Å²) in [6, 6.07) is 2.17. The van der Waals surface area contributed by atoms with E-state index in [0.717, 1.165) is 12.8 Å². The molecule has 20 heavy (non-hydrogen) atoms. The normalized spacial score (nSPS) is 43.5. The molecule has 0 aromatic carbocycles. The number of aliphatic hydroxyl groups is 1. The molecule has 110 valence electrons. The summed E-state index contributed by atoms with van der Waals surface area (Å²) in [5.74, 6) is -0.321. The summed E-state index contributed by atoms with van der Waals surface area (Å²) in [5.41, 5.74) is -1.28. The van der Waals surface area contributed by atoms with Gasteiger partial charge in [-0.25, -0.2) is 0 Å². The summed E-state index contributed by atoms with van der Waals surface area (Å²) in [5, 5.41) is 19.6. The molecule has 2 aliphatic carbocycles. The summed E-state index contributed by atoms with van der Waals surface area (Å²) in [7, 11) is 0. The Morgan fingerprint density at radius 2 is 2.35 bits per heavy atom. The van der Waals surface area contributed by atoms with Gasteiger partial charge in [0.05, 0.1) is 6.07 Å². The molecule has 1 saturated heterocycles. The molecule has 0 amide bonds. The second kappa shape index (κ2) is 4.19. The molecule has 3 rings (SSSR count). The van der Waals surface area contributed by atoms with E-state index in [4.69, 9.17) is 9.47 Å². The van der Waals surface area contributed by atoms with Gasteiger partial charge in [-0.3, -0.25) is 4.79 Å². The zero-order chi connectivity index (χ0) is 14.7. The highest BCUT2D eigenvalue weighted by Crippen LogP contribution is 2.62. The average molecular weight is 279 g/mol. The van der Waals surface area contributed by atoms with E-state index < -0.39 is 17.7 Å². The molecule has 6 atom stereocenters. The van der Waals surface area contributed by atoms with Crippen LogP contribution in [-0.2, 0) is 14.3 Å². The van der Waals surface area contributed by atoms with Crippen LogP contribution in [0.5, 0.6) is 0 Å². The van der Waals surface area contributed by atoms with E-state index in [1.807, 2.05) is 20.8 Å². The number of aliphatic hydroxyl groups excluding tert-OH is 1. The summed E-state index contributed by atoms with van der Waals surface area (Å²) in [4.78, 5) is 12.0. The quantitative estimate of drug-likeness (QED) is 0.624. The van der Waals surface area contributed by atoms with Gasteiger partial charge in [0.25, 0.3) is 0 Å². The molecule has 5 nitrogen and oxygen atoms in total. The molecule has 6 unspecified atom stereocenters. The van der Waals surface area contributed by atoms with E-state index >= 15 is 0 Å². The second-order valence-electron chi connectivity index (χ2n) is 7.05. The molecule has 0 aromatic rings. The highest BCUT2D eigenvalue weighted by atomic mass is 16.6. The van der Waals surface area contributed by atoms with Crippen LogP contribution in [0.3, 0.4) is 0 Å². The summed E-state index contributed by atoms with van der Waals surface area (Å²) in [6.07, 6.45) is 0.577. The third-order valence-electron chi connectivity index (χ3n) is 5.63. The molecule has 3 aliphatic rings. The van der Waals surface area contributed by atoms with Gasteiger partial charge in [-0.2, -0.15) is 5.26 Å². The fourth-order valence-electron chi connectivity index (χ4n) is 3.82. The summed E-state index contributed by atoms with van der Waals surface area (Å²) in [6.45, 7) is 5.90. The van der Waals surface area contributed by atoms with Gasteiger partial charge in [-0.15, -0.1) is 0 Å². The zero-order valence-electron chi connectivity index (χ0n) is 12.1. The first kappa shape index (κ1) is 13.8. The highest BCUT2D eigenvalue weighted by Gasteiger charge is 2.71. The van der Waals surface area contributed by atoms with Gasteiger partial charge in [0.1, 0.15) is 12.2 Å². The van der Waals surface area contributed by atoms with Crippen LogP contribution in [0.15, 0.2) is 0 Å². The van der Waals surface area contributed by atoms with E-state index in [-0.39, 0.29) is 29.5 Å². The molecule has 2 bridgehead atoms. The smallest absolute Gasteiger partial charge is 0.327 e. The maximum Gasteiger partial charge on any atom is 0.327 e. The first-order chi connectivity index (χ1) is 9.35. The Morgan fingerprint density at radius 1 is 1.65 bits per heavy atom. The minimum absolute atomic E-state index is 0.0630. The number of esters is 1. The molecule has 1 N–H and O–H groups in total. The van der Waals surface area contributed by atoms with Crippen LogP contribution < -0.4 is 0 Å². The van der Waals surface area contributed by atoms with Gasteiger partial charge in [0.15, 0.2) is 11.7 Å². The predicted octanol–water partition coefficient (Wildman–Crippen LogP) is 1.60. The van der Waals surface area contributed by atoms with Crippen molar-refractivity contribution in [1.82, 2.24) is 0 Å². The molecular formula is C15H21NO4. The summed E-state index contributed by atoms with van der Waals surface area (Å²) < 4.78 is 11.2. The van der Waals surface area contributed by atoms with Gasteiger partial charge in [-0.1, -0.05) is 20.8 Å². The Hall–Kier alpha value is -1.12. The van der Waals surface area contributed by atoms with Crippen LogP contribution in [0.25, 0.3) is 0 Å². The highest BCUT2D eigenvalue weighted by molar-refractivity contribution is 5.84. The molecule has 3 fully saturated rings. The van der Waals surface area contributed by atoms with Crippen molar-refractivity contribution in [2.45, 2.75) is 58.5 Å². The van der Waals surface area contributed by atoms with Gasteiger partial charge in [0, 0.05) is 11.3 Å². The minimum Gasteiger partial charge on any atom is -0.458 e. The second-order valence-corrected chi connectivity index (χ2v) is 7.05. The number of hydrogen-bond acceptors (Lipinski definition) is 5. The van der Waals surface area contributed by atoms with Crippen molar-refractivity contribution in [3.05, 3.63) is 0 Å². The number of rotatable bonds is 4. The minimum atomic E-state index is -0.944. The number of hydrogen-bond donors (Lipinski definition) is 1.